The van der Waals surface area contributed by atoms with Gasteiger partial charge in [0.15, 0.2) is 12.3 Å². The number of carbonyl (C=O) groups is 1. The van der Waals surface area contributed by atoms with Crippen molar-refractivity contribution in [1.29, 1.82) is 0 Å². The van der Waals surface area contributed by atoms with E-state index in [0.29, 0.717) is 22.7 Å². The summed E-state index contributed by atoms with van der Waals surface area (Å²) in [6, 6.07) is 9.77. The van der Waals surface area contributed by atoms with E-state index >= 15 is 0 Å². The molecule has 14 heteroatoms. The number of aliphatic carboxylic acids is 1. The van der Waals surface area contributed by atoms with Crippen molar-refractivity contribution in [3.63, 3.8) is 0 Å². The largest absolute Gasteiger partial charge is 0.479 e. The maximum absolute atomic E-state index is 12.6. The lowest BCUT2D eigenvalue weighted by Crippen LogP contribution is -2.64. The summed E-state index contributed by atoms with van der Waals surface area (Å²) in [6.07, 6.45) is -9.55. The Bertz CT molecular complexity index is 1120. The van der Waals surface area contributed by atoms with E-state index in [1.807, 2.05) is 4.72 Å². The maximum atomic E-state index is 12.6. The topological polar surface area (TPSA) is 230 Å². The van der Waals surface area contributed by atoms with Gasteiger partial charge in [-0.25, -0.2) is 13.2 Å². The van der Waals surface area contributed by atoms with Gasteiger partial charge in [0, 0.05) is 5.69 Å². The van der Waals surface area contributed by atoms with Crippen LogP contribution in [0.3, 0.4) is 0 Å². The predicted octanol–water partition coefficient (Wildman–Crippen LogP) is -0.563. The number of ether oxygens (including phenoxy) is 1. The van der Waals surface area contributed by atoms with Gasteiger partial charge in [-0.1, -0.05) is 0 Å². The molecule has 0 spiro atoms. The number of hydrogen-bond acceptors (Lipinski definition) is 11. The fourth-order valence-corrected chi connectivity index (χ4v) is 4.00. The fourth-order valence-electron chi connectivity index (χ4n) is 2.87. The first-order chi connectivity index (χ1) is 15.0. The molecule has 1 aliphatic heterocycles. The molecule has 172 valence electrons. The first-order valence-corrected chi connectivity index (χ1v) is 10.6. The van der Waals surface area contributed by atoms with Crippen LogP contribution in [-0.2, 0) is 19.6 Å². The molecule has 2 aromatic carbocycles. The highest BCUT2D eigenvalue weighted by molar-refractivity contribution is 7.89. The molecule has 1 fully saturated rings. The highest BCUT2D eigenvalue weighted by atomic mass is 32.2. The molecule has 0 amide bonds. The molecule has 1 aliphatic rings. The summed E-state index contributed by atoms with van der Waals surface area (Å²) in [6.45, 7) is 0. The van der Waals surface area contributed by atoms with Gasteiger partial charge in [-0.05, 0) is 42.5 Å². The van der Waals surface area contributed by atoms with Crippen LogP contribution < -0.4 is 16.2 Å². The molecule has 5 unspecified atom stereocenters. The Hall–Kier alpha value is -3.14. The Morgan fingerprint density at radius 3 is 2.22 bits per heavy atom. The summed E-state index contributed by atoms with van der Waals surface area (Å²) in [4.78, 5) is 10.9. The van der Waals surface area contributed by atoms with E-state index in [2.05, 4.69) is 10.2 Å². The third-order valence-corrected chi connectivity index (χ3v) is 6.04. The first kappa shape index (κ1) is 23.5. The number of nitrogens with zero attached hydrogens (tertiary/aromatic N) is 2. The van der Waals surface area contributed by atoms with E-state index in [1.54, 1.807) is 12.1 Å². The molecule has 2 aromatic rings. The van der Waals surface area contributed by atoms with E-state index in [1.165, 1.54) is 30.3 Å². The zero-order valence-corrected chi connectivity index (χ0v) is 17.1. The quantitative estimate of drug-likeness (QED) is 0.211. The fraction of sp³-hybridized carbons (Fsp3) is 0.278. The number of rotatable bonds is 6. The van der Waals surface area contributed by atoms with Crippen LogP contribution >= 0.6 is 0 Å². The number of nitrogens with two attached hydrogens (primary N) is 2. The van der Waals surface area contributed by atoms with Gasteiger partial charge in [-0.2, -0.15) is 9.84 Å². The normalized spacial score (nSPS) is 26.3. The van der Waals surface area contributed by atoms with Gasteiger partial charge in [-0.15, -0.1) is 5.11 Å². The van der Waals surface area contributed by atoms with Gasteiger partial charge in [0.25, 0.3) is 0 Å². The van der Waals surface area contributed by atoms with Gasteiger partial charge >= 0.3 is 5.97 Å². The lowest BCUT2D eigenvalue weighted by atomic mass is 9.98. The van der Waals surface area contributed by atoms with Crippen molar-refractivity contribution in [3.05, 3.63) is 42.5 Å². The Morgan fingerprint density at radius 1 is 0.969 bits per heavy atom. The van der Waals surface area contributed by atoms with E-state index < -0.39 is 46.6 Å². The third-order valence-electron chi connectivity index (χ3n) is 4.60. The van der Waals surface area contributed by atoms with E-state index in [-0.39, 0.29) is 4.90 Å². The number of aliphatic hydroxyl groups excluding tert-OH is 3. The summed E-state index contributed by atoms with van der Waals surface area (Å²) < 4.78 is 32.1. The standard InChI is InChI=1S/C18H21N5O8S/c19-8-1-6-12(11(20)7-8)22-21-9-2-4-10(5-3-9)32(29,30)23-17-15(26)13(24)14(25)16(31-17)18(27)28/h1-7,13-17,23-26H,19-20H2,(H,27,28). The second-order valence-electron chi connectivity index (χ2n) is 6.92. The number of azo groups is 1. The molecule has 5 atom stereocenters. The van der Waals surface area contributed by atoms with Crippen molar-refractivity contribution in [2.45, 2.75) is 35.5 Å². The van der Waals surface area contributed by atoms with Gasteiger partial charge in [-0.3, -0.25) is 0 Å². The molecule has 0 aromatic heterocycles. The number of anilines is 2. The van der Waals surface area contributed by atoms with E-state index in [0.717, 1.165) is 0 Å². The van der Waals surface area contributed by atoms with Crippen molar-refractivity contribution in [1.82, 2.24) is 4.72 Å². The number of carboxylic acids is 1. The average molecular weight is 467 g/mol. The smallest absolute Gasteiger partial charge is 0.335 e. The summed E-state index contributed by atoms with van der Waals surface area (Å²) >= 11 is 0. The monoisotopic (exact) mass is 467 g/mol. The maximum Gasteiger partial charge on any atom is 0.335 e. The minimum atomic E-state index is -4.31. The number of nitrogen functional groups attached to an aromatic ring is 2. The number of benzene rings is 2. The highest BCUT2D eigenvalue weighted by Gasteiger charge is 2.48. The van der Waals surface area contributed by atoms with Crippen LogP contribution in [0.2, 0.25) is 0 Å². The first-order valence-electron chi connectivity index (χ1n) is 9.11. The molecule has 9 N–H and O–H groups in total. The van der Waals surface area contributed by atoms with Crippen molar-refractivity contribution < 1.29 is 38.4 Å². The molecule has 13 nitrogen and oxygen atoms in total. The molecule has 0 saturated carbocycles. The van der Waals surface area contributed by atoms with Crippen molar-refractivity contribution in [2.24, 2.45) is 10.2 Å². The molecule has 0 bridgehead atoms. The lowest BCUT2D eigenvalue weighted by Gasteiger charge is -2.38. The second-order valence-corrected chi connectivity index (χ2v) is 8.63. The Labute approximate surface area is 182 Å². The van der Waals surface area contributed by atoms with Gasteiger partial charge < -0.3 is 36.6 Å². The van der Waals surface area contributed by atoms with Gasteiger partial charge in [0.05, 0.1) is 16.3 Å². The van der Waals surface area contributed by atoms with Crippen molar-refractivity contribution >= 4 is 38.7 Å². The Morgan fingerprint density at radius 2 is 1.62 bits per heavy atom. The van der Waals surface area contributed by atoms with Crippen LogP contribution in [0.5, 0.6) is 0 Å². The summed E-state index contributed by atoms with van der Waals surface area (Å²) in [5.74, 6) is -1.64. The molecule has 3 rings (SSSR count). The van der Waals surface area contributed by atoms with Gasteiger partial charge in [0.2, 0.25) is 10.0 Å². The number of sulfonamides is 1. The number of aliphatic hydroxyl groups is 3. The zero-order valence-electron chi connectivity index (χ0n) is 16.3. The molecule has 32 heavy (non-hydrogen) atoms. The third kappa shape index (κ3) is 5.01. The van der Waals surface area contributed by atoms with Crippen LogP contribution in [0, 0.1) is 0 Å². The van der Waals surface area contributed by atoms with Crippen LogP contribution in [0.1, 0.15) is 0 Å². The van der Waals surface area contributed by atoms with Crippen LogP contribution in [0.4, 0.5) is 22.7 Å². The van der Waals surface area contributed by atoms with Crippen molar-refractivity contribution in [3.8, 4) is 0 Å². The minimum Gasteiger partial charge on any atom is -0.479 e. The second kappa shape index (κ2) is 9.15. The number of nitrogens with one attached hydrogen (secondary N) is 1. The predicted molar refractivity (Wildman–Crippen MR) is 111 cm³/mol. The van der Waals surface area contributed by atoms with Crippen LogP contribution in [0.15, 0.2) is 57.6 Å². The molecule has 0 aliphatic carbocycles. The number of hydrogen-bond donors (Lipinski definition) is 7. The molecule has 1 saturated heterocycles. The SMILES string of the molecule is Nc1ccc(N=Nc2ccc(S(=O)(=O)NC3OC(C(=O)O)C(O)C(O)C3O)cc2)c(N)c1. The zero-order chi connectivity index (χ0) is 23.6. The lowest BCUT2D eigenvalue weighted by molar-refractivity contribution is -0.229. The molecular weight excluding hydrogens is 446 g/mol. The Kier molecular flexibility index (Phi) is 6.73. The van der Waals surface area contributed by atoms with Gasteiger partial charge in [0.1, 0.15) is 24.0 Å². The Balaban J connectivity index is 1.74. The molecule has 1 heterocycles. The van der Waals surface area contributed by atoms with Crippen LogP contribution in [0.25, 0.3) is 0 Å². The molecular formula is C18H21N5O8S. The minimum absolute atomic E-state index is 0.258. The summed E-state index contributed by atoms with van der Waals surface area (Å²) in [7, 11) is -4.31. The van der Waals surface area contributed by atoms with Crippen molar-refractivity contribution in [2.75, 3.05) is 11.5 Å². The number of carboxylic acid groups (broad SMARTS) is 1. The highest BCUT2D eigenvalue weighted by Crippen LogP contribution is 2.27. The van der Waals surface area contributed by atoms with Crippen LogP contribution in [-0.4, -0.2) is 65.5 Å². The summed E-state index contributed by atoms with van der Waals surface area (Å²) in [5, 5.41) is 46.5. The van der Waals surface area contributed by atoms with E-state index in [9.17, 15) is 28.5 Å². The van der Waals surface area contributed by atoms with E-state index in [4.69, 9.17) is 21.3 Å². The average Bonchev–Trinajstić information content (AvgIpc) is 2.73. The molecule has 0 radical (unpaired) electrons. The summed E-state index contributed by atoms with van der Waals surface area (Å²) in [5.41, 5.74) is 12.9.